The van der Waals surface area contributed by atoms with Gasteiger partial charge in [0.05, 0.1) is 12.1 Å². The predicted molar refractivity (Wildman–Crippen MR) is 85.2 cm³/mol. The Morgan fingerprint density at radius 1 is 1.41 bits per heavy atom. The first-order chi connectivity index (χ1) is 10.4. The van der Waals surface area contributed by atoms with Crippen LogP contribution in [0.3, 0.4) is 0 Å². The van der Waals surface area contributed by atoms with Crippen LogP contribution in [0.2, 0.25) is 0 Å². The smallest absolute Gasteiger partial charge is 0.267 e. The number of likely N-dealkylation sites (N-methyl/N-ethyl adjacent to an activating group) is 2. The summed E-state index contributed by atoms with van der Waals surface area (Å²) in [6.45, 7) is 3.16. The molecule has 0 saturated carbocycles. The molecule has 120 valence electrons. The minimum atomic E-state index is -0.474. The molecule has 1 aromatic carbocycles. The lowest BCUT2D eigenvalue weighted by Gasteiger charge is -2.30. The van der Waals surface area contributed by atoms with E-state index in [1.807, 2.05) is 37.2 Å². The Hall–Kier alpha value is -2.08. The van der Waals surface area contributed by atoms with E-state index < -0.39 is 6.10 Å². The molecule has 1 unspecified atom stereocenters. The van der Waals surface area contributed by atoms with Crippen molar-refractivity contribution in [2.24, 2.45) is 0 Å². The number of ether oxygens (including phenoxy) is 1. The van der Waals surface area contributed by atoms with Gasteiger partial charge in [0.25, 0.3) is 5.91 Å². The molecule has 0 bridgehead atoms. The van der Waals surface area contributed by atoms with Crippen LogP contribution in [0.4, 0.5) is 5.69 Å². The highest BCUT2D eigenvalue weighted by molar-refractivity contribution is 5.99. The summed E-state index contributed by atoms with van der Waals surface area (Å²) in [5.74, 6) is 0.562. The highest BCUT2D eigenvalue weighted by Crippen LogP contribution is 2.33. The molecule has 0 radical (unpaired) electrons. The van der Waals surface area contributed by atoms with Crippen molar-refractivity contribution in [2.45, 2.75) is 19.4 Å². The van der Waals surface area contributed by atoms with Crippen molar-refractivity contribution >= 4 is 17.5 Å². The molecule has 0 aliphatic carbocycles. The van der Waals surface area contributed by atoms with E-state index in [0.29, 0.717) is 18.0 Å². The summed E-state index contributed by atoms with van der Waals surface area (Å²) in [7, 11) is 5.65. The third-order valence-electron chi connectivity index (χ3n) is 3.61. The molecule has 0 aromatic heterocycles. The van der Waals surface area contributed by atoms with Gasteiger partial charge in [-0.1, -0.05) is 6.07 Å². The van der Waals surface area contributed by atoms with Crippen molar-refractivity contribution in [2.75, 3.05) is 39.1 Å². The highest BCUT2D eigenvalue weighted by atomic mass is 16.5. The van der Waals surface area contributed by atoms with Gasteiger partial charge in [0.15, 0.2) is 6.10 Å². The Bertz CT molecular complexity index is 572. The summed E-state index contributed by atoms with van der Waals surface area (Å²) >= 11 is 0. The van der Waals surface area contributed by atoms with Crippen molar-refractivity contribution in [3.8, 4) is 5.75 Å². The fraction of sp³-hybridized carbons (Fsp3) is 0.500. The van der Waals surface area contributed by atoms with Gasteiger partial charge in [-0.3, -0.25) is 9.59 Å². The molecule has 1 N–H and O–H groups in total. The second-order valence-electron chi connectivity index (χ2n) is 5.79. The standard InChI is InChI=1S/C16H23N3O3/c1-11-16(21)19(4)13-9-12(5-6-14(13)22-11)10-15(20)17-7-8-18(2)3/h5-6,9,11H,7-8,10H2,1-4H3,(H,17,20). The third-order valence-corrected chi connectivity index (χ3v) is 3.61. The molecular formula is C16H23N3O3. The second kappa shape index (κ2) is 6.79. The average Bonchev–Trinajstić information content (AvgIpc) is 2.45. The van der Waals surface area contributed by atoms with Crippen LogP contribution in [-0.2, 0) is 16.0 Å². The number of carbonyl (C=O) groups excluding carboxylic acids is 2. The van der Waals surface area contributed by atoms with Crippen LogP contribution in [0.1, 0.15) is 12.5 Å². The molecule has 0 saturated heterocycles. The maximum absolute atomic E-state index is 11.9. The summed E-state index contributed by atoms with van der Waals surface area (Å²) < 4.78 is 5.57. The number of hydrogen-bond acceptors (Lipinski definition) is 4. The first kappa shape index (κ1) is 16.3. The first-order valence-electron chi connectivity index (χ1n) is 7.37. The van der Waals surface area contributed by atoms with E-state index in [4.69, 9.17) is 4.74 Å². The van der Waals surface area contributed by atoms with Crippen molar-refractivity contribution in [3.05, 3.63) is 23.8 Å². The lowest BCUT2D eigenvalue weighted by molar-refractivity contribution is -0.125. The number of benzene rings is 1. The van der Waals surface area contributed by atoms with E-state index in [0.717, 1.165) is 12.1 Å². The van der Waals surface area contributed by atoms with Gasteiger partial charge in [0.2, 0.25) is 5.91 Å². The van der Waals surface area contributed by atoms with E-state index in [1.165, 1.54) is 0 Å². The van der Waals surface area contributed by atoms with Crippen LogP contribution < -0.4 is 15.0 Å². The minimum absolute atomic E-state index is 0.0270. The van der Waals surface area contributed by atoms with Gasteiger partial charge in [0, 0.05) is 20.1 Å². The van der Waals surface area contributed by atoms with Crippen LogP contribution in [0, 0.1) is 0 Å². The summed E-state index contributed by atoms with van der Waals surface area (Å²) in [6, 6.07) is 5.52. The first-order valence-corrected chi connectivity index (χ1v) is 7.37. The Morgan fingerprint density at radius 3 is 2.82 bits per heavy atom. The zero-order valence-corrected chi connectivity index (χ0v) is 13.5. The number of rotatable bonds is 5. The third kappa shape index (κ3) is 3.76. The molecule has 2 amide bonds. The van der Waals surface area contributed by atoms with Gasteiger partial charge in [-0.15, -0.1) is 0 Å². The molecular weight excluding hydrogens is 282 g/mol. The molecule has 1 aromatic rings. The van der Waals surface area contributed by atoms with Gasteiger partial charge in [-0.05, 0) is 38.7 Å². The zero-order valence-electron chi connectivity index (χ0n) is 13.5. The van der Waals surface area contributed by atoms with E-state index >= 15 is 0 Å². The van der Waals surface area contributed by atoms with Crippen LogP contribution in [0.5, 0.6) is 5.75 Å². The summed E-state index contributed by atoms with van der Waals surface area (Å²) in [4.78, 5) is 27.5. The fourth-order valence-electron chi connectivity index (χ4n) is 2.33. The number of anilines is 1. The van der Waals surface area contributed by atoms with Crippen molar-refractivity contribution in [3.63, 3.8) is 0 Å². The maximum atomic E-state index is 11.9. The van der Waals surface area contributed by atoms with E-state index in [2.05, 4.69) is 5.32 Å². The number of hydrogen-bond donors (Lipinski definition) is 1. The monoisotopic (exact) mass is 305 g/mol. The summed E-state index contributed by atoms with van der Waals surface area (Å²) in [6.07, 6.45) is -0.184. The lowest BCUT2D eigenvalue weighted by Crippen LogP contribution is -2.42. The molecule has 1 atom stereocenters. The molecule has 1 heterocycles. The molecule has 6 heteroatoms. The largest absolute Gasteiger partial charge is 0.479 e. The quantitative estimate of drug-likeness (QED) is 0.868. The normalized spacial score (nSPS) is 17.2. The van der Waals surface area contributed by atoms with E-state index in [-0.39, 0.29) is 18.2 Å². The van der Waals surface area contributed by atoms with Crippen molar-refractivity contribution in [1.29, 1.82) is 0 Å². The van der Waals surface area contributed by atoms with Gasteiger partial charge in [0.1, 0.15) is 5.75 Å². The summed E-state index contributed by atoms with van der Waals surface area (Å²) in [5.41, 5.74) is 1.57. The number of nitrogens with zero attached hydrogens (tertiary/aromatic N) is 2. The second-order valence-corrected chi connectivity index (χ2v) is 5.79. The van der Waals surface area contributed by atoms with Gasteiger partial charge >= 0.3 is 0 Å². The zero-order chi connectivity index (χ0) is 16.3. The SMILES string of the molecule is CC1Oc2ccc(CC(=O)NCCN(C)C)cc2N(C)C1=O. The lowest BCUT2D eigenvalue weighted by atomic mass is 10.1. The van der Waals surface area contributed by atoms with Crippen LogP contribution >= 0.6 is 0 Å². The maximum Gasteiger partial charge on any atom is 0.267 e. The van der Waals surface area contributed by atoms with Crippen molar-refractivity contribution < 1.29 is 14.3 Å². The molecule has 6 nitrogen and oxygen atoms in total. The highest BCUT2D eigenvalue weighted by Gasteiger charge is 2.28. The van der Waals surface area contributed by atoms with Gasteiger partial charge in [-0.2, -0.15) is 0 Å². The number of nitrogens with one attached hydrogen (secondary N) is 1. The van der Waals surface area contributed by atoms with Crippen LogP contribution in [0.15, 0.2) is 18.2 Å². The number of fused-ring (bicyclic) bond motifs is 1. The average molecular weight is 305 g/mol. The molecule has 0 spiro atoms. The minimum Gasteiger partial charge on any atom is -0.479 e. The number of carbonyl (C=O) groups is 2. The number of amides is 2. The Labute approximate surface area is 131 Å². The van der Waals surface area contributed by atoms with Crippen LogP contribution in [0.25, 0.3) is 0 Å². The topological polar surface area (TPSA) is 61.9 Å². The molecule has 1 aliphatic rings. The van der Waals surface area contributed by atoms with Gasteiger partial charge in [-0.25, -0.2) is 0 Å². The molecule has 2 rings (SSSR count). The fourth-order valence-corrected chi connectivity index (χ4v) is 2.33. The molecule has 1 aliphatic heterocycles. The molecule has 22 heavy (non-hydrogen) atoms. The Balaban J connectivity index is 2.02. The van der Waals surface area contributed by atoms with Gasteiger partial charge < -0.3 is 19.9 Å². The Kier molecular flexibility index (Phi) is 5.03. The Morgan fingerprint density at radius 2 is 2.14 bits per heavy atom. The predicted octanol–water partition coefficient (Wildman–Crippen LogP) is 0.651. The van der Waals surface area contributed by atoms with E-state index in [1.54, 1.807) is 18.9 Å². The van der Waals surface area contributed by atoms with Crippen molar-refractivity contribution in [1.82, 2.24) is 10.2 Å². The summed E-state index contributed by atoms with van der Waals surface area (Å²) in [5, 5.41) is 2.88. The van der Waals surface area contributed by atoms with Crippen LogP contribution in [-0.4, -0.2) is 57.1 Å². The van der Waals surface area contributed by atoms with E-state index in [9.17, 15) is 9.59 Å². The molecule has 0 fully saturated rings.